The number of methoxy groups -OCH3 is 1. The van der Waals surface area contributed by atoms with Crippen molar-refractivity contribution in [3.63, 3.8) is 0 Å². The smallest absolute Gasteiger partial charge is 0.119 e. The average molecular weight is 292 g/mol. The highest BCUT2D eigenvalue weighted by molar-refractivity contribution is 7.11. The van der Waals surface area contributed by atoms with Crippen molar-refractivity contribution in [1.82, 2.24) is 10.3 Å². The molecule has 2 atom stereocenters. The molecule has 2 rings (SSSR count). The van der Waals surface area contributed by atoms with E-state index in [9.17, 15) is 5.11 Å². The molecule has 0 aliphatic carbocycles. The van der Waals surface area contributed by atoms with Crippen molar-refractivity contribution in [2.75, 3.05) is 13.7 Å². The van der Waals surface area contributed by atoms with Crippen LogP contribution in [0.25, 0.3) is 0 Å². The van der Waals surface area contributed by atoms with Gasteiger partial charge in [0.05, 0.1) is 18.2 Å². The molecule has 0 aliphatic heterocycles. The third-order valence-electron chi connectivity index (χ3n) is 3.16. The molecule has 2 aromatic rings. The molecule has 108 valence electrons. The molecule has 0 bridgehead atoms. The van der Waals surface area contributed by atoms with E-state index in [0.717, 1.165) is 16.3 Å². The fourth-order valence-corrected chi connectivity index (χ4v) is 2.75. The highest BCUT2D eigenvalue weighted by Crippen LogP contribution is 2.22. The van der Waals surface area contributed by atoms with Crippen LogP contribution in [-0.2, 0) is 0 Å². The van der Waals surface area contributed by atoms with Gasteiger partial charge in [0.2, 0.25) is 0 Å². The quantitative estimate of drug-likeness (QED) is 0.859. The molecule has 2 N–H and O–H groups in total. The van der Waals surface area contributed by atoms with Crippen molar-refractivity contribution in [1.29, 1.82) is 0 Å². The van der Waals surface area contributed by atoms with Gasteiger partial charge in [-0.25, -0.2) is 4.98 Å². The van der Waals surface area contributed by atoms with Crippen molar-refractivity contribution < 1.29 is 9.84 Å². The molecule has 2 unspecified atom stereocenters. The third kappa shape index (κ3) is 3.79. The van der Waals surface area contributed by atoms with Crippen molar-refractivity contribution >= 4 is 11.3 Å². The Balaban J connectivity index is 1.92. The molecule has 5 heteroatoms. The minimum Gasteiger partial charge on any atom is -0.497 e. The van der Waals surface area contributed by atoms with Crippen molar-refractivity contribution in [3.05, 3.63) is 45.9 Å². The summed E-state index contributed by atoms with van der Waals surface area (Å²) in [6, 6.07) is 7.69. The minimum absolute atomic E-state index is 0.182. The Kier molecular flexibility index (Phi) is 5.11. The molecule has 0 amide bonds. The number of nitrogens with zero attached hydrogens (tertiary/aromatic N) is 1. The molecule has 0 saturated heterocycles. The zero-order valence-electron chi connectivity index (χ0n) is 12.0. The molecule has 0 radical (unpaired) electrons. The van der Waals surface area contributed by atoms with Gasteiger partial charge in [0, 0.05) is 23.7 Å². The number of aliphatic hydroxyl groups excluding tert-OH is 1. The summed E-state index contributed by atoms with van der Waals surface area (Å²) in [5, 5.41) is 14.6. The van der Waals surface area contributed by atoms with Gasteiger partial charge in [-0.15, -0.1) is 11.3 Å². The highest BCUT2D eigenvalue weighted by Gasteiger charge is 2.12. The lowest BCUT2D eigenvalue weighted by atomic mass is 10.1. The Morgan fingerprint density at radius 1 is 1.45 bits per heavy atom. The number of nitrogens with one attached hydrogen (secondary N) is 1. The fraction of sp³-hybridized carbons (Fsp3) is 0.400. The summed E-state index contributed by atoms with van der Waals surface area (Å²) in [7, 11) is 1.62. The van der Waals surface area contributed by atoms with E-state index in [-0.39, 0.29) is 6.04 Å². The highest BCUT2D eigenvalue weighted by atomic mass is 32.1. The normalized spacial score (nSPS) is 14.0. The topological polar surface area (TPSA) is 54.4 Å². The SMILES string of the molecule is COc1cccc(C(O)CNC(C)c2cnc(C)s2)c1. The number of aliphatic hydroxyl groups is 1. The molecule has 0 fully saturated rings. The summed E-state index contributed by atoms with van der Waals surface area (Å²) in [6.07, 6.45) is 1.33. The predicted octanol–water partition coefficient (Wildman–Crippen LogP) is 2.84. The van der Waals surface area contributed by atoms with Crippen LogP contribution < -0.4 is 10.1 Å². The first-order valence-corrected chi connectivity index (χ1v) is 7.39. The number of hydrogen-bond acceptors (Lipinski definition) is 5. The lowest BCUT2D eigenvalue weighted by Gasteiger charge is -2.16. The second kappa shape index (κ2) is 6.83. The first kappa shape index (κ1) is 15.0. The summed E-state index contributed by atoms with van der Waals surface area (Å²) in [5.74, 6) is 0.757. The largest absolute Gasteiger partial charge is 0.497 e. The molecule has 1 heterocycles. The van der Waals surface area contributed by atoms with Crippen molar-refractivity contribution in [2.45, 2.75) is 26.0 Å². The number of aryl methyl sites for hydroxylation is 1. The zero-order valence-corrected chi connectivity index (χ0v) is 12.8. The first-order chi connectivity index (χ1) is 9.60. The first-order valence-electron chi connectivity index (χ1n) is 6.58. The Bertz CT molecular complexity index is 556. The van der Waals surface area contributed by atoms with Crippen LogP contribution in [0.4, 0.5) is 0 Å². The van der Waals surface area contributed by atoms with E-state index >= 15 is 0 Å². The van der Waals surface area contributed by atoms with Crippen LogP contribution in [0.2, 0.25) is 0 Å². The van der Waals surface area contributed by atoms with Gasteiger partial charge in [0.25, 0.3) is 0 Å². The molecule has 1 aromatic heterocycles. The average Bonchev–Trinajstić information content (AvgIpc) is 2.91. The van der Waals surface area contributed by atoms with Crippen LogP contribution >= 0.6 is 11.3 Å². The van der Waals surface area contributed by atoms with E-state index in [1.165, 1.54) is 4.88 Å². The van der Waals surface area contributed by atoms with E-state index < -0.39 is 6.10 Å². The third-order valence-corrected chi connectivity index (χ3v) is 4.26. The lowest BCUT2D eigenvalue weighted by Crippen LogP contribution is -2.24. The van der Waals surface area contributed by atoms with Crippen LogP contribution in [0.1, 0.15) is 34.5 Å². The molecule has 1 aromatic carbocycles. The van der Waals surface area contributed by atoms with Gasteiger partial charge in [-0.05, 0) is 31.5 Å². The molecule has 0 saturated carbocycles. The summed E-state index contributed by atoms with van der Waals surface area (Å²) in [6.45, 7) is 4.56. The fourth-order valence-electron chi connectivity index (χ4n) is 1.93. The maximum atomic E-state index is 10.2. The van der Waals surface area contributed by atoms with Gasteiger partial charge in [-0.3, -0.25) is 0 Å². The van der Waals surface area contributed by atoms with E-state index in [0.29, 0.717) is 6.54 Å². The molecular formula is C15H20N2O2S. The minimum atomic E-state index is -0.554. The summed E-state index contributed by atoms with van der Waals surface area (Å²) >= 11 is 1.67. The second-order valence-corrected chi connectivity index (χ2v) is 5.97. The number of hydrogen-bond donors (Lipinski definition) is 2. The van der Waals surface area contributed by atoms with Gasteiger partial charge in [0.1, 0.15) is 5.75 Å². The zero-order chi connectivity index (χ0) is 14.5. The Morgan fingerprint density at radius 2 is 2.25 bits per heavy atom. The van der Waals surface area contributed by atoms with Gasteiger partial charge in [-0.1, -0.05) is 12.1 Å². The second-order valence-electron chi connectivity index (χ2n) is 4.70. The van der Waals surface area contributed by atoms with E-state index in [1.807, 2.05) is 37.4 Å². The van der Waals surface area contributed by atoms with E-state index in [4.69, 9.17) is 4.74 Å². The monoisotopic (exact) mass is 292 g/mol. The predicted molar refractivity (Wildman–Crippen MR) is 81.2 cm³/mol. The van der Waals surface area contributed by atoms with Crippen LogP contribution in [0.15, 0.2) is 30.5 Å². The van der Waals surface area contributed by atoms with Crippen LogP contribution in [-0.4, -0.2) is 23.7 Å². The molecular weight excluding hydrogens is 272 g/mol. The number of rotatable bonds is 6. The number of thiazole rings is 1. The molecule has 0 aliphatic rings. The number of benzene rings is 1. The number of ether oxygens (including phenoxy) is 1. The van der Waals surface area contributed by atoms with Gasteiger partial charge >= 0.3 is 0 Å². The molecule has 0 spiro atoms. The van der Waals surface area contributed by atoms with Crippen molar-refractivity contribution in [2.24, 2.45) is 0 Å². The molecule has 20 heavy (non-hydrogen) atoms. The molecule has 4 nitrogen and oxygen atoms in total. The van der Waals surface area contributed by atoms with Crippen LogP contribution in [0, 0.1) is 6.92 Å². The van der Waals surface area contributed by atoms with E-state index in [2.05, 4.69) is 17.2 Å². The van der Waals surface area contributed by atoms with Crippen LogP contribution in [0.5, 0.6) is 5.75 Å². The summed E-state index contributed by atoms with van der Waals surface area (Å²) in [5.41, 5.74) is 0.851. The maximum absolute atomic E-state index is 10.2. The maximum Gasteiger partial charge on any atom is 0.119 e. The summed E-state index contributed by atoms with van der Waals surface area (Å²) in [4.78, 5) is 5.43. The Morgan fingerprint density at radius 3 is 2.90 bits per heavy atom. The van der Waals surface area contributed by atoms with Gasteiger partial charge in [0.15, 0.2) is 0 Å². The van der Waals surface area contributed by atoms with Crippen molar-refractivity contribution in [3.8, 4) is 5.75 Å². The van der Waals surface area contributed by atoms with Gasteiger partial charge < -0.3 is 15.2 Å². The lowest BCUT2D eigenvalue weighted by molar-refractivity contribution is 0.170. The van der Waals surface area contributed by atoms with Crippen LogP contribution in [0.3, 0.4) is 0 Å². The summed E-state index contributed by atoms with van der Waals surface area (Å²) < 4.78 is 5.16. The van der Waals surface area contributed by atoms with Gasteiger partial charge in [-0.2, -0.15) is 0 Å². The Labute approximate surface area is 123 Å². The standard InChI is InChI=1S/C15H20N2O2S/c1-10(15-9-17-11(2)20-15)16-8-14(18)12-5-4-6-13(7-12)19-3/h4-7,9-10,14,16,18H,8H2,1-3H3. The van der Waals surface area contributed by atoms with E-state index in [1.54, 1.807) is 18.4 Å². The Hall–Kier alpha value is -1.43. The number of aromatic nitrogens is 1.